The number of nitrogens with one attached hydrogen (secondary N) is 1. The fourth-order valence-corrected chi connectivity index (χ4v) is 4.57. The fraction of sp³-hybridized carbons (Fsp3) is 0.350. The van der Waals surface area contributed by atoms with Crippen LogP contribution in [0.25, 0.3) is 0 Å². The minimum atomic E-state index is -3.99. The van der Waals surface area contributed by atoms with Crippen LogP contribution in [0.5, 0.6) is 5.75 Å². The lowest BCUT2D eigenvalue weighted by molar-refractivity contribution is -0.0510. The van der Waals surface area contributed by atoms with Gasteiger partial charge in [-0.05, 0) is 37.1 Å². The van der Waals surface area contributed by atoms with E-state index in [2.05, 4.69) is 9.46 Å². The fourth-order valence-electron chi connectivity index (χ4n) is 2.98. The standard InChI is InChI=1S/C20H20ClF2NO6S/c21-16-8-7-13(10-18(16)31(26,27)24-11-15-5-3-9-28-15)19(25)29-12-14-4-1-2-6-17(14)30-20(22)23/h1-2,4,6-8,10,15,20,24H,3,5,9,11-12H2. The van der Waals surface area contributed by atoms with Gasteiger partial charge in [-0.25, -0.2) is 17.9 Å². The van der Waals surface area contributed by atoms with Crippen molar-refractivity contribution in [3.8, 4) is 5.75 Å². The molecule has 31 heavy (non-hydrogen) atoms. The highest BCUT2D eigenvalue weighted by atomic mass is 35.5. The van der Waals surface area contributed by atoms with Crippen molar-refractivity contribution in [1.29, 1.82) is 0 Å². The number of hydrogen-bond acceptors (Lipinski definition) is 6. The number of para-hydroxylation sites is 1. The largest absolute Gasteiger partial charge is 0.457 e. The van der Waals surface area contributed by atoms with Crippen molar-refractivity contribution in [2.24, 2.45) is 0 Å². The number of benzene rings is 2. The molecule has 0 spiro atoms. The van der Waals surface area contributed by atoms with Crippen LogP contribution in [-0.2, 0) is 26.1 Å². The van der Waals surface area contributed by atoms with E-state index in [9.17, 15) is 22.0 Å². The van der Waals surface area contributed by atoms with E-state index in [4.69, 9.17) is 21.1 Å². The van der Waals surface area contributed by atoms with Crippen molar-refractivity contribution >= 4 is 27.6 Å². The first-order chi connectivity index (χ1) is 14.8. The van der Waals surface area contributed by atoms with Gasteiger partial charge in [-0.2, -0.15) is 8.78 Å². The van der Waals surface area contributed by atoms with Crippen LogP contribution in [0.15, 0.2) is 47.4 Å². The van der Waals surface area contributed by atoms with E-state index in [1.54, 1.807) is 6.07 Å². The molecule has 7 nitrogen and oxygen atoms in total. The Balaban J connectivity index is 1.70. The quantitative estimate of drug-likeness (QED) is 0.555. The van der Waals surface area contributed by atoms with E-state index < -0.39 is 22.6 Å². The minimum Gasteiger partial charge on any atom is -0.457 e. The lowest BCUT2D eigenvalue weighted by atomic mass is 10.2. The van der Waals surface area contributed by atoms with E-state index in [-0.39, 0.29) is 46.1 Å². The Labute approximate surface area is 183 Å². The molecule has 1 fully saturated rings. The first-order valence-corrected chi connectivity index (χ1v) is 11.2. The topological polar surface area (TPSA) is 90.9 Å². The average Bonchev–Trinajstić information content (AvgIpc) is 3.25. The van der Waals surface area contributed by atoms with E-state index in [0.29, 0.717) is 6.61 Å². The number of halogens is 3. The molecule has 1 heterocycles. The molecule has 168 valence electrons. The molecule has 1 aliphatic heterocycles. The molecule has 2 aromatic carbocycles. The molecule has 0 radical (unpaired) electrons. The molecule has 11 heteroatoms. The molecule has 1 atom stereocenters. The summed E-state index contributed by atoms with van der Waals surface area (Å²) < 4.78 is 67.6. The maximum atomic E-state index is 12.6. The number of rotatable bonds is 9. The molecule has 0 saturated carbocycles. The van der Waals surface area contributed by atoms with Gasteiger partial charge in [0.2, 0.25) is 10.0 Å². The van der Waals surface area contributed by atoms with Crippen LogP contribution in [0.1, 0.15) is 28.8 Å². The second kappa shape index (κ2) is 10.4. The highest BCUT2D eigenvalue weighted by molar-refractivity contribution is 7.89. The molecule has 3 rings (SSSR count). The third-order valence-electron chi connectivity index (χ3n) is 4.53. The van der Waals surface area contributed by atoms with Gasteiger partial charge < -0.3 is 14.2 Å². The first-order valence-electron chi connectivity index (χ1n) is 9.37. The van der Waals surface area contributed by atoms with Crippen LogP contribution in [0.2, 0.25) is 5.02 Å². The molecule has 1 unspecified atom stereocenters. The summed E-state index contributed by atoms with van der Waals surface area (Å²) in [6.07, 6.45) is 1.40. The average molecular weight is 476 g/mol. The number of esters is 1. The molecular weight excluding hydrogens is 456 g/mol. The summed E-state index contributed by atoms with van der Waals surface area (Å²) in [5.41, 5.74) is 0.172. The number of carbonyl (C=O) groups excluding carboxylic acids is 1. The van der Waals surface area contributed by atoms with Gasteiger partial charge in [0.25, 0.3) is 0 Å². The number of sulfonamides is 1. The summed E-state index contributed by atoms with van der Waals surface area (Å²) in [5.74, 6) is -0.970. The second-order valence-corrected chi connectivity index (χ2v) is 8.84. The van der Waals surface area contributed by atoms with E-state index in [1.807, 2.05) is 0 Å². The summed E-state index contributed by atoms with van der Waals surface area (Å²) in [6.45, 7) is -2.69. The van der Waals surface area contributed by atoms with Crippen molar-refractivity contribution in [2.75, 3.05) is 13.2 Å². The molecule has 1 N–H and O–H groups in total. The van der Waals surface area contributed by atoms with Crippen molar-refractivity contribution in [2.45, 2.75) is 37.1 Å². The second-order valence-electron chi connectivity index (χ2n) is 6.69. The van der Waals surface area contributed by atoms with Gasteiger partial charge >= 0.3 is 12.6 Å². The summed E-state index contributed by atoms with van der Waals surface area (Å²) in [4.78, 5) is 12.1. The zero-order valence-corrected chi connectivity index (χ0v) is 17.8. The van der Waals surface area contributed by atoms with Crippen molar-refractivity contribution in [1.82, 2.24) is 4.72 Å². The SMILES string of the molecule is O=C(OCc1ccccc1OC(F)F)c1ccc(Cl)c(S(=O)(=O)NCC2CCCO2)c1. The van der Waals surface area contributed by atoms with Crippen molar-refractivity contribution in [3.05, 3.63) is 58.6 Å². The third kappa shape index (κ3) is 6.36. The molecular formula is C20H20ClF2NO6S. The number of carbonyl (C=O) groups is 1. The lowest BCUT2D eigenvalue weighted by Gasteiger charge is -2.13. The van der Waals surface area contributed by atoms with Crippen LogP contribution in [-0.4, -0.2) is 40.3 Å². The maximum absolute atomic E-state index is 12.6. The smallest absolute Gasteiger partial charge is 0.387 e. The normalized spacial score (nSPS) is 16.5. The van der Waals surface area contributed by atoms with Gasteiger partial charge in [-0.15, -0.1) is 0 Å². The number of alkyl halides is 2. The predicted octanol–water partition coefficient (Wildman–Crippen LogP) is 3.76. The molecule has 0 aromatic heterocycles. The van der Waals surface area contributed by atoms with Crippen LogP contribution in [0.3, 0.4) is 0 Å². The van der Waals surface area contributed by atoms with Gasteiger partial charge in [-0.3, -0.25) is 0 Å². The Morgan fingerprint density at radius 1 is 1.26 bits per heavy atom. The van der Waals surface area contributed by atoms with Gasteiger partial charge in [0, 0.05) is 18.7 Å². The van der Waals surface area contributed by atoms with Crippen LogP contribution in [0, 0.1) is 0 Å². The molecule has 0 bridgehead atoms. The summed E-state index contributed by atoms with van der Waals surface area (Å²) in [5, 5.41) is -0.0629. The minimum absolute atomic E-state index is 0.0610. The monoisotopic (exact) mass is 475 g/mol. The van der Waals surface area contributed by atoms with Gasteiger partial charge in [0.1, 0.15) is 17.3 Å². The zero-order valence-electron chi connectivity index (χ0n) is 16.2. The summed E-state index contributed by atoms with van der Waals surface area (Å²) in [6, 6.07) is 9.55. The maximum Gasteiger partial charge on any atom is 0.387 e. The van der Waals surface area contributed by atoms with Crippen molar-refractivity contribution < 1.29 is 36.2 Å². The number of hydrogen-bond donors (Lipinski definition) is 1. The van der Waals surface area contributed by atoms with Crippen LogP contribution >= 0.6 is 11.6 Å². The Kier molecular flexibility index (Phi) is 7.82. The van der Waals surface area contributed by atoms with Crippen LogP contribution in [0.4, 0.5) is 8.78 Å². The Morgan fingerprint density at radius 2 is 2.03 bits per heavy atom. The third-order valence-corrected chi connectivity index (χ3v) is 6.43. The Morgan fingerprint density at radius 3 is 2.74 bits per heavy atom. The van der Waals surface area contributed by atoms with Gasteiger partial charge in [0.05, 0.1) is 16.7 Å². The molecule has 0 aliphatic carbocycles. The van der Waals surface area contributed by atoms with E-state index >= 15 is 0 Å². The molecule has 1 saturated heterocycles. The highest BCUT2D eigenvalue weighted by Gasteiger charge is 2.24. The Hall–Kier alpha value is -2.27. The molecule has 0 amide bonds. The first kappa shape index (κ1) is 23.4. The van der Waals surface area contributed by atoms with Crippen molar-refractivity contribution in [3.63, 3.8) is 0 Å². The predicted molar refractivity (Wildman–Crippen MR) is 108 cm³/mol. The van der Waals surface area contributed by atoms with Crippen LogP contribution < -0.4 is 9.46 Å². The number of ether oxygens (including phenoxy) is 3. The zero-order chi connectivity index (χ0) is 22.4. The van der Waals surface area contributed by atoms with Gasteiger partial charge in [0.15, 0.2) is 0 Å². The molecule has 2 aromatic rings. The highest BCUT2D eigenvalue weighted by Crippen LogP contribution is 2.25. The van der Waals surface area contributed by atoms with E-state index in [0.717, 1.165) is 18.9 Å². The Bertz CT molecular complexity index is 1030. The summed E-state index contributed by atoms with van der Waals surface area (Å²) in [7, 11) is -3.99. The lowest BCUT2D eigenvalue weighted by Crippen LogP contribution is -2.32. The van der Waals surface area contributed by atoms with Gasteiger partial charge in [-0.1, -0.05) is 29.8 Å². The summed E-state index contributed by atoms with van der Waals surface area (Å²) >= 11 is 6.03. The van der Waals surface area contributed by atoms with E-state index in [1.165, 1.54) is 30.3 Å². The molecule has 1 aliphatic rings.